The zero-order chi connectivity index (χ0) is 11.4. The van der Waals surface area contributed by atoms with Crippen LogP contribution >= 0.6 is 0 Å². The standard InChI is InChI=1S/C7H13NO5S/c1-5(7(8)11)4-14(12,13)3-2-6(9)10/h5H,2-4H2,1H3,(H2,8,11)(H,9,10). The second-order valence-electron chi connectivity index (χ2n) is 3.06. The molecular weight excluding hydrogens is 210 g/mol. The van der Waals surface area contributed by atoms with Crippen molar-refractivity contribution >= 4 is 21.7 Å². The SMILES string of the molecule is CC(CS(=O)(=O)CCC(=O)O)C(N)=O. The van der Waals surface area contributed by atoms with Gasteiger partial charge in [-0.25, -0.2) is 8.42 Å². The predicted molar refractivity (Wildman–Crippen MR) is 49.3 cm³/mol. The predicted octanol–water partition coefficient (Wildman–Crippen LogP) is -1.00. The molecule has 0 aliphatic rings. The van der Waals surface area contributed by atoms with Gasteiger partial charge in [-0.2, -0.15) is 0 Å². The Bertz CT molecular complexity index is 321. The molecule has 82 valence electrons. The summed E-state index contributed by atoms with van der Waals surface area (Å²) in [4.78, 5) is 20.7. The van der Waals surface area contributed by atoms with Gasteiger partial charge < -0.3 is 10.8 Å². The van der Waals surface area contributed by atoms with Gasteiger partial charge in [0, 0.05) is 5.92 Å². The van der Waals surface area contributed by atoms with Crippen LogP contribution in [0.3, 0.4) is 0 Å². The van der Waals surface area contributed by atoms with Crippen LogP contribution in [0, 0.1) is 5.92 Å². The van der Waals surface area contributed by atoms with Crippen LogP contribution in [-0.2, 0) is 19.4 Å². The van der Waals surface area contributed by atoms with Gasteiger partial charge in [-0.3, -0.25) is 9.59 Å². The summed E-state index contributed by atoms with van der Waals surface area (Å²) in [6.07, 6.45) is -0.451. The minimum atomic E-state index is -3.50. The number of aliphatic carboxylic acids is 1. The summed E-state index contributed by atoms with van der Waals surface area (Å²) >= 11 is 0. The van der Waals surface area contributed by atoms with Crippen molar-refractivity contribution < 1.29 is 23.1 Å². The lowest BCUT2D eigenvalue weighted by molar-refractivity contribution is -0.136. The lowest BCUT2D eigenvalue weighted by Crippen LogP contribution is -2.28. The number of nitrogens with two attached hydrogens (primary N) is 1. The lowest BCUT2D eigenvalue weighted by Gasteiger charge is -2.06. The van der Waals surface area contributed by atoms with Gasteiger partial charge in [-0.15, -0.1) is 0 Å². The van der Waals surface area contributed by atoms with Crippen LogP contribution in [0.4, 0.5) is 0 Å². The largest absolute Gasteiger partial charge is 0.481 e. The molecule has 0 aromatic carbocycles. The molecule has 1 amide bonds. The van der Waals surface area contributed by atoms with Crippen LogP contribution in [-0.4, -0.2) is 36.9 Å². The Morgan fingerprint density at radius 2 is 1.93 bits per heavy atom. The minimum Gasteiger partial charge on any atom is -0.481 e. The molecule has 14 heavy (non-hydrogen) atoms. The Morgan fingerprint density at radius 1 is 1.43 bits per heavy atom. The minimum absolute atomic E-state index is 0.393. The molecule has 0 aromatic heterocycles. The summed E-state index contributed by atoms with van der Waals surface area (Å²) in [5, 5.41) is 8.26. The number of primary amides is 1. The summed E-state index contributed by atoms with van der Waals surface area (Å²) in [6.45, 7) is 1.39. The number of carboxylic acids is 1. The number of hydrogen-bond acceptors (Lipinski definition) is 4. The zero-order valence-corrected chi connectivity index (χ0v) is 8.58. The molecule has 0 saturated heterocycles. The molecular formula is C7H13NO5S. The van der Waals surface area contributed by atoms with Crippen LogP contribution < -0.4 is 5.73 Å². The molecule has 0 aromatic rings. The topological polar surface area (TPSA) is 115 Å². The summed E-state index contributed by atoms with van der Waals surface area (Å²) in [7, 11) is -3.50. The number of carbonyl (C=O) groups excluding carboxylic acids is 1. The van der Waals surface area contributed by atoms with Crippen molar-refractivity contribution in [2.75, 3.05) is 11.5 Å². The third-order valence-corrected chi connectivity index (χ3v) is 3.45. The van der Waals surface area contributed by atoms with Gasteiger partial charge >= 0.3 is 5.97 Å². The van der Waals surface area contributed by atoms with E-state index in [0.29, 0.717) is 0 Å². The highest BCUT2D eigenvalue weighted by Gasteiger charge is 2.20. The highest BCUT2D eigenvalue weighted by molar-refractivity contribution is 7.91. The Labute approximate surface area is 82.0 Å². The van der Waals surface area contributed by atoms with Gasteiger partial charge in [-0.1, -0.05) is 6.92 Å². The molecule has 0 radical (unpaired) electrons. The van der Waals surface area contributed by atoms with Gasteiger partial charge in [0.25, 0.3) is 0 Å². The van der Waals surface area contributed by atoms with Gasteiger partial charge in [0.2, 0.25) is 5.91 Å². The molecule has 7 heteroatoms. The second kappa shape index (κ2) is 4.94. The summed E-state index contributed by atoms with van der Waals surface area (Å²) in [5.74, 6) is -3.52. The van der Waals surface area contributed by atoms with Crippen molar-refractivity contribution in [3.05, 3.63) is 0 Å². The number of sulfone groups is 1. The molecule has 1 unspecified atom stereocenters. The first-order chi connectivity index (χ1) is 6.24. The van der Waals surface area contributed by atoms with Crippen molar-refractivity contribution in [3.63, 3.8) is 0 Å². The maximum Gasteiger partial charge on any atom is 0.304 e. The third kappa shape index (κ3) is 5.52. The van der Waals surface area contributed by atoms with Gasteiger partial charge in [0.1, 0.15) is 0 Å². The Hall–Kier alpha value is -1.11. The Morgan fingerprint density at radius 3 is 2.29 bits per heavy atom. The van der Waals surface area contributed by atoms with E-state index in [1.165, 1.54) is 6.92 Å². The molecule has 0 aliphatic carbocycles. The van der Waals surface area contributed by atoms with E-state index >= 15 is 0 Å². The van der Waals surface area contributed by atoms with E-state index in [-0.39, 0.29) is 0 Å². The van der Waals surface area contributed by atoms with Gasteiger partial charge in [0.05, 0.1) is 17.9 Å². The molecule has 0 heterocycles. The average molecular weight is 223 g/mol. The first-order valence-corrected chi connectivity index (χ1v) is 5.78. The van der Waals surface area contributed by atoms with Gasteiger partial charge in [-0.05, 0) is 0 Å². The van der Waals surface area contributed by atoms with E-state index in [1.54, 1.807) is 0 Å². The molecule has 0 aliphatic heterocycles. The highest BCUT2D eigenvalue weighted by atomic mass is 32.2. The smallest absolute Gasteiger partial charge is 0.304 e. The summed E-state index contributed by atoms with van der Waals surface area (Å²) in [6, 6.07) is 0. The van der Waals surface area contributed by atoms with E-state index in [0.717, 1.165) is 0 Å². The first kappa shape index (κ1) is 12.9. The van der Waals surface area contributed by atoms with E-state index < -0.39 is 45.6 Å². The molecule has 0 fully saturated rings. The van der Waals surface area contributed by atoms with E-state index in [1.807, 2.05) is 0 Å². The Balaban J connectivity index is 4.21. The summed E-state index contributed by atoms with van der Waals surface area (Å²) in [5.41, 5.74) is 4.88. The molecule has 0 spiro atoms. The van der Waals surface area contributed by atoms with Crippen molar-refractivity contribution in [3.8, 4) is 0 Å². The fourth-order valence-electron chi connectivity index (χ4n) is 0.789. The van der Waals surface area contributed by atoms with Crippen LogP contribution in [0.15, 0.2) is 0 Å². The maximum absolute atomic E-state index is 11.2. The van der Waals surface area contributed by atoms with E-state index in [4.69, 9.17) is 10.8 Å². The number of amides is 1. The van der Waals surface area contributed by atoms with Crippen molar-refractivity contribution in [1.82, 2.24) is 0 Å². The lowest BCUT2D eigenvalue weighted by atomic mass is 10.2. The number of hydrogen-bond donors (Lipinski definition) is 2. The molecule has 3 N–H and O–H groups in total. The number of carbonyl (C=O) groups is 2. The van der Waals surface area contributed by atoms with E-state index in [2.05, 4.69) is 0 Å². The maximum atomic E-state index is 11.2. The van der Waals surface area contributed by atoms with E-state index in [9.17, 15) is 18.0 Å². The molecule has 0 rings (SSSR count). The third-order valence-electron chi connectivity index (χ3n) is 1.62. The fraction of sp³-hybridized carbons (Fsp3) is 0.714. The normalized spacial score (nSPS) is 13.5. The zero-order valence-electron chi connectivity index (χ0n) is 7.76. The summed E-state index contributed by atoms with van der Waals surface area (Å²) < 4.78 is 22.4. The molecule has 1 atom stereocenters. The van der Waals surface area contributed by atoms with Crippen LogP contribution in [0.1, 0.15) is 13.3 Å². The van der Waals surface area contributed by atoms with Crippen LogP contribution in [0.2, 0.25) is 0 Å². The Kier molecular flexibility index (Phi) is 4.55. The van der Waals surface area contributed by atoms with Crippen LogP contribution in [0.25, 0.3) is 0 Å². The average Bonchev–Trinajstić information content (AvgIpc) is 2.00. The second-order valence-corrected chi connectivity index (χ2v) is 5.29. The van der Waals surface area contributed by atoms with Crippen molar-refractivity contribution in [1.29, 1.82) is 0 Å². The highest BCUT2D eigenvalue weighted by Crippen LogP contribution is 2.02. The number of carboxylic acid groups (broad SMARTS) is 1. The molecule has 0 saturated carbocycles. The monoisotopic (exact) mass is 223 g/mol. The van der Waals surface area contributed by atoms with Gasteiger partial charge in [0.15, 0.2) is 9.84 Å². The van der Waals surface area contributed by atoms with Crippen molar-refractivity contribution in [2.24, 2.45) is 11.7 Å². The quantitative estimate of drug-likeness (QED) is 0.599. The number of rotatable bonds is 6. The fourth-order valence-corrected chi connectivity index (χ4v) is 2.37. The molecule has 0 bridgehead atoms. The first-order valence-electron chi connectivity index (χ1n) is 3.96. The van der Waals surface area contributed by atoms with Crippen LogP contribution in [0.5, 0.6) is 0 Å². The van der Waals surface area contributed by atoms with Crippen molar-refractivity contribution in [2.45, 2.75) is 13.3 Å². The molecule has 6 nitrogen and oxygen atoms in total.